The normalized spacial score (nSPS) is 22.0. The highest BCUT2D eigenvalue weighted by Crippen LogP contribution is 2.36. The fourth-order valence-electron chi connectivity index (χ4n) is 2.37. The molecule has 0 spiro atoms. The minimum atomic E-state index is 0. The van der Waals surface area contributed by atoms with Crippen LogP contribution in [0.3, 0.4) is 0 Å². The molecule has 4 nitrogen and oxygen atoms in total. The van der Waals surface area contributed by atoms with Gasteiger partial charge in [0.15, 0.2) is 5.96 Å². The zero-order valence-corrected chi connectivity index (χ0v) is 17.1. The summed E-state index contributed by atoms with van der Waals surface area (Å²) in [6.45, 7) is 8.21. The third-order valence-electron chi connectivity index (χ3n) is 3.57. The predicted octanol–water partition coefficient (Wildman–Crippen LogP) is 3.33. The van der Waals surface area contributed by atoms with Gasteiger partial charge in [0.1, 0.15) is 0 Å². The number of aryl methyl sites for hydroxylation is 2. The Labute approximate surface area is 153 Å². The van der Waals surface area contributed by atoms with Crippen LogP contribution >= 0.6 is 47.1 Å². The standard InChI is InChI=1S/C14H24N4S2.HI/c1-10-12(20-11(2)18-10)8-16-13(15-4)17-9-14(3)6-5-7-19-14;/h5-9H2,1-4H3,(H2,15,16,17);1H. The zero-order valence-electron chi connectivity index (χ0n) is 13.2. The summed E-state index contributed by atoms with van der Waals surface area (Å²) in [7, 11) is 1.82. The Morgan fingerprint density at radius 3 is 2.67 bits per heavy atom. The van der Waals surface area contributed by atoms with Gasteiger partial charge in [-0.05, 0) is 39.4 Å². The topological polar surface area (TPSA) is 49.3 Å². The van der Waals surface area contributed by atoms with Crippen LogP contribution in [-0.4, -0.2) is 35.0 Å². The molecule has 0 radical (unpaired) electrons. The third kappa shape index (κ3) is 5.59. The first-order chi connectivity index (χ1) is 9.52. The van der Waals surface area contributed by atoms with Gasteiger partial charge in [-0.3, -0.25) is 4.99 Å². The van der Waals surface area contributed by atoms with E-state index in [-0.39, 0.29) is 24.0 Å². The highest BCUT2D eigenvalue weighted by atomic mass is 127. The lowest BCUT2D eigenvalue weighted by Gasteiger charge is -2.24. The minimum Gasteiger partial charge on any atom is -0.355 e. The van der Waals surface area contributed by atoms with Crippen LogP contribution in [-0.2, 0) is 6.54 Å². The van der Waals surface area contributed by atoms with E-state index in [0.29, 0.717) is 4.75 Å². The molecule has 0 aliphatic carbocycles. The van der Waals surface area contributed by atoms with Gasteiger partial charge in [0.25, 0.3) is 0 Å². The highest BCUT2D eigenvalue weighted by Gasteiger charge is 2.29. The number of hydrogen-bond donors (Lipinski definition) is 2. The zero-order chi connectivity index (χ0) is 14.6. The van der Waals surface area contributed by atoms with E-state index in [2.05, 4.69) is 46.2 Å². The number of thiazole rings is 1. The van der Waals surface area contributed by atoms with Crippen LogP contribution in [0.2, 0.25) is 0 Å². The van der Waals surface area contributed by atoms with Crippen LogP contribution in [0.1, 0.15) is 35.3 Å². The van der Waals surface area contributed by atoms with Crippen LogP contribution in [0.15, 0.2) is 4.99 Å². The minimum absolute atomic E-state index is 0. The molecule has 21 heavy (non-hydrogen) atoms. The molecule has 1 aromatic rings. The summed E-state index contributed by atoms with van der Waals surface area (Å²) >= 11 is 3.81. The first-order valence-electron chi connectivity index (χ1n) is 7.04. The van der Waals surface area contributed by atoms with Gasteiger partial charge in [-0.15, -0.1) is 35.3 Å². The predicted molar refractivity (Wildman–Crippen MR) is 105 cm³/mol. The Bertz CT molecular complexity index is 481. The fourth-order valence-corrected chi connectivity index (χ4v) is 4.49. The smallest absolute Gasteiger partial charge is 0.191 e. The third-order valence-corrected chi connectivity index (χ3v) is 6.18. The molecule has 1 aliphatic heterocycles. The van der Waals surface area contributed by atoms with E-state index in [1.165, 1.54) is 23.5 Å². The summed E-state index contributed by atoms with van der Waals surface area (Å²) in [5.74, 6) is 2.16. The molecule has 1 aliphatic rings. The molecule has 120 valence electrons. The van der Waals surface area contributed by atoms with Gasteiger partial charge < -0.3 is 10.6 Å². The van der Waals surface area contributed by atoms with Crippen LogP contribution in [0.5, 0.6) is 0 Å². The van der Waals surface area contributed by atoms with E-state index in [0.717, 1.165) is 29.8 Å². The number of hydrogen-bond acceptors (Lipinski definition) is 4. The Balaban J connectivity index is 0.00000220. The molecule has 0 aromatic carbocycles. The largest absolute Gasteiger partial charge is 0.355 e. The van der Waals surface area contributed by atoms with Gasteiger partial charge in [0.2, 0.25) is 0 Å². The summed E-state index contributed by atoms with van der Waals surface area (Å²) in [6.07, 6.45) is 2.61. The van der Waals surface area contributed by atoms with Crippen molar-refractivity contribution in [3.8, 4) is 0 Å². The van der Waals surface area contributed by atoms with Crippen LogP contribution < -0.4 is 10.6 Å². The number of aromatic nitrogens is 1. The van der Waals surface area contributed by atoms with E-state index in [4.69, 9.17) is 0 Å². The number of halogens is 1. The van der Waals surface area contributed by atoms with E-state index < -0.39 is 0 Å². The molecule has 1 fully saturated rings. The number of aliphatic imine (C=N–C) groups is 1. The maximum atomic E-state index is 4.45. The molecule has 2 rings (SSSR count). The van der Waals surface area contributed by atoms with Gasteiger partial charge >= 0.3 is 0 Å². The van der Waals surface area contributed by atoms with Gasteiger partial charge in [-0.1, -0.05) is 0 Å². The van der Waals surface area contributed by atoms with Crippen LogP contribution in [0, 0.1) is 13.8 Å². The second-order valence-electron chi connectivity index (χ2n) is 5.42. The quantitative estimate of drug-likeness (QED) is 0.429. The SMILES string of the molecule is CN=C(NCc1sc(C)nc1C)NCC1(C)CCCS1.I. The molecular formula is C14H25IN4S2. The first-order valence-corrected chi connectivity index (χ1v) is 8.84. The molecule has 1 atom stereocenters. The van der Waals surface area contributed by atoms with E-state index >= 15 is 0 Å². The molecule has 1 saturated heterocycles. The molecule has 7 heteroatoms. The van der Waals surface area contributed by atoms with Gasteiger partial charge in [-0.25, -0.2) is 4.98 Å². The monoisotopic (exact) mass is 440 g/mol. The molecule has 1 aromatic heterocycles. The lowest BCUT2D eigenvalue weighted by atomic mass is 10.1. The van der Waals surface area contributed by atoms with E-state index in [1.807, 2.05) is 14.0 Å². The second-order valence-corrected chi connectivity index (χ2v) is 8.39. The maximum Gasteiger partial charge on any atom is 0.191 e. The molecule has 1 unspecified atom stereocenters. The van der Waals surface area contributed by atoms with Crippen molar-refractivity contribution in [3.05, 3.63) is 15.6 Å². The maximum absolute atomic E-state index is 4.45. The van der Waals surface area contributed by atoms with E-state index in [9.17, 15) is 0 Å². The number of guanidine groups is 1. The molecule has 0 amide bonds. The highest BCUT2D eigenvalue weighted by molar-refractivity contribution is 14.0. The Morgan fingerprint density at radius 2 is 2.14 bits per heavy atom. The first kappa shape index (κ1) is 19.0. The van der Waals surface area contributed by atoms with Crippen molar-refractivity contribution in [2.24, 2.45) is 4.99 Å². The van der Waals surface area contributed by atoms with Crippen LogP contribution in [0.4, 0.5) is 0 Å². The van der Waals surface area contributed by atoms with Crippen molar-refractivity contribution in [1.29, 1.82) is 0 Å². The average molecular weight is 440 g/mol. The lowest BCUT2D eigenvalue weighted by Crippen LogP contribution is -2.43. The molecule has 0 saturated carbocycles. The average Bonchev–Trinajstić information content (AvgIpc) is 2.97. The van der Waals surface area contributed by atoms with Crippen molar-refractivity contribution in [2.75, 3.05) is 19.3 Å². The second kappa shape index (κ2) is 8.57. The van der Waals surface area contributed by atoms with Gasteiger partial charge in [0, 0.05) is 23.2 Å². The summed E-state index contributed by atoms with van der Waals surface area (Å²) in [4.78, 5) is 10.0. The summed E-state index contributed by atoms with van der Waals surface area (Å²) < 4.78 is 0.356. The van der Waals surface area contributed by atoms with Crippen molar-refractivity contribution in [3.63, 3.8) is 0 Å². The number of nitrogens with one attached hydrogen (secondary N) is 2. The molecule has 2 heterocycles. The fraction of sp³-hybridized carbons (Fsp3) is 0.714. The van der Waals surface area contributed by atoms with Crippen molar-refractivity contribution < 1.29 is 0 Å². The summed E-state index contributed by atoms with van der Waals surface area (Å²) in [5.41, 5.74) is 1.12. The molecule has 0 bridgehead atoms. The number of rotatable bonds is 4. The van der Waals surface area contributed by atoms with Crippen molar-refractivity contribution in [2.45, 2.75) is 44.9 Å². The lowest BCUT2D eigenvalue weighted by molar-refractivity contribution is 0.584. The summed E-state index contributed by atoms with van der Waals surface area (Å²) in [6, 6.07) is 0. The van der Waals surface area contributed by atoms with Gasteiger partial charge in [-0.2, -0.15) is 11.8 Å². The van der Waals surface area contributed by atoms with Crippen LogP contribution in [0.25, 0.3) is 0 Å². The summed E-state index contributed by atoms with van der Waals surface area (Å²) in [5, 5.41) is 7.95. The molecule has 2 N–H and O–H groups in total. The number of thioether (sulfide) groups is 1. The van der Waals surface area contributed by atoms with Crippen molar-refractivity contribution in [1.82, 2.24) is 15.6 Å². The molecular weight excluding hydrogens is 415 g/mol. The Hall–Kier alpha value is -0.0200. The van der Waals surface area contributed by atoms with Crippen molar-refractivity contribution >= 4 is 53.0 Å². The number of nitrogens with zero attached hydrogens (tertiary/aromatic N) is 2. The Morgan fingerprint density at radius 1 is 1.38 bits per heavy atom. The Kier molecular flexibility index (Phi) is 7.77. The van der Waals surface area contributed by atoms with Gasteiger partial charge in [0.05, 0.1) is 17.2 Å². The van der Waals surface area contributed by atoms with E-state index in [1.54, 1.807) is 11.3 Å².